The topological polar surface area (TPSA) is 18.5 Å². The van der Waals surface area contributed by atoms with Crippen LogP contribution in [0.3, 0.4) is 0 Å². The summed E-state index contributed by atoms with van der Waals surface area (Å²) in [6.07, 6.45) is 3.37. The minimum atomic E-state index is -0.600. The van der Waals surface area contributed by atoms with Crippen LogP contribution in [0.15, 0.2) is 30.6 Å². The predicted molar refractivity (Wildman–Crippen MR) is 48.9 cm³/mol. The average Bonchev–Trinajstić information content (AvgIpc) is 2.51. The van der Waals surface area contributed by atoms with Gasteiger partial charge < -0.3 is 0 Å². The Balaban J connectivity index is 2.29. The summed E-state index contributed by atoms with van der Waals surface area (Å²) in [5, 5.41) is 3.12. The summed E-state index contributed by atoms with van der Waals surface area (Å²) < 4.78 is 25.9. The Morgan fingerprint density at radius 1 is 1.21 bits per heavy atom. The van der Waals surface area contributed by atoms with E-state index in [0.717, 1.165) is 6.07 Å². The van der Waals surface area contributed by atoms with E-state index >= 15 is 0 Å². The fourth-order valence-electron chi connectivity index (χ4n) is 1.21. The first-order valence-electron chi connectivity index (χ1n) is 4.08. The molecule has 0 radical (unpaired) electrons. The Hall–Kier alpha value is -1.62. The summed E-state index contributed by atoms with van der Waals surface area (Å²) in [6, 6.07) is 3.44. The van der Waals surface area contributed by atoms with E-state index in [9.17, 15) is 8.78 Å². The number of hydrogen-bond acceptors (Lipinski definition) is 3. The molecule has 14 heavy (non-hydrogen) atoms. The van der Waals surface area contributed by atoms with Crippen molar-refractivity contribution >= 4 is 5.69 Å². The highest BCUT2D eigenvalue weighted by Gasteiger charge is 2.14. The van der Waals surface area contributed by atoms with Gasteiger partial charge >= 0.3 is 0 Å². The highest BCUT2D eigenvalue weighted by Crippen LogP contribution is 2.20. The zero-order valence-corrected chi connectivity index (χ0v) is 7.54. The van der Waals surface area contributed by atoms with Gasteiger partial charge in [0.05, 0.1) is 5.69 Å². The third-order valence-corrected chi connectivity index (χ3v) is 1.87. The Bertz CT molecular complexity index is 378. The molecule has 0 aromatic heterocycles. The molecule has 0 saturated carbocycles. The quantitative estimate of drug-likeness (QED) is 0.737. The van der Waals surface area contributed by atoms with Crippen LogP contribution in [0.4, 0.5) is 14.5 Å². The van der Waals surface area contributed by atoms with Crippen LogP contribution in [0.1, 0.15) is 0 Å². The Kier molecular flexibility index (Phi) is 2.09. The minimum Gasteiger partial charge on any atom is -0.299 e. The molecule has 1 heterocycles. The lowest BCUT2D eigenvalue weighted by Crippen LogP contribution is -2.37. The van der Waals surface area contributed by atoms with E-state index in [1.807, 2.05) is 0 Å². The van der Waals surface area contributed by atoms with Gasteiger partial charge in [0.25, 0.3) is 0 Å². The van der Waals surface area contributed by atoms with E-state index in [0.29, 0.717) is 0 Å². The minimum absolute atomic E-state index is 0.284. The van der Waals surface area contributed by atoms with Crippen LogP contribution >= 0.6 is 0 Å². The van der Waals surface area contributed by atoms with Gasteiger partial charge in [0.15, 0.2) is 5.82 Å². The molecule has 0 atom stereocenters. The van der Waals surface area contributed by atoms with Crippen LogP contribution in [0, 0.1) is 11.6 Å². The second-order valence-electron chi connectivity index (χ2n) is 2.97. The van der Waals surface area contributed by atoms with Crippen molar-refractivity contribution in [1.82, 2.24) is 10.5 Å². The van der Waals surface area contributed by atoms with Crippen LogP contribution in [-0.4, -0.2) is 12.1 Å². The van der Waals surface area contributed by atoms with Crippen molar-refractivity contribution in [2.45, 2.75) is 0 Å². The predicted octanol–water partition coefficient (Wildman–Crippen LogP) is 1.61. The number of nitrogens with one attached hydrogen (secondary N) is 1. The van der Waals surface area contributed by atoms with E-state index in [-0.39, 0.29) is 5.69 Å². The molecule has 0 unspecified atom stereocenters. The maximum absolute atomic E-state index is 13.3. The van der Waals surface area contributed by atoms with Gasteiger partial charge in [0.1, 0.15) is 5.82 Å². The Morgan fingerprint density at radius 2 is 2.00 bits per heavy atom. The molecule has 0 amide bonds. The van der Waals surface area contributed by atoms with Gasteiger partial charge in [-0.2, -0.15) is 0 Å². The van der Waals surface area contributed by atoms with E-state index in [2.05, 4.69) is 5.53 Å². The maximum atomic E-state index is 13.3. The molecular weight excluding hydrogens is 188 g/mol. The number of nitrogens with zero attached hydrogens (tertiary/aromatic N) is 2. The van der Waals surface area contributed by atoms with Crippen LogP contribution in [0.2, 0.25) is 0 Å². The molecule has 0 spiro atoms. The first-order chi connectivity index (χ1) is 6.66. The molecule has 1 N–H and O–H groups in total. The van der Waals surface area contributed by atoms with Gasteiger partial charge in [0, 0.05) is 25.5 Å². The highest BCUT2D eigenvalue weighted by molar-refractivity contribution is 5.49. The average molecular weight is 197 g/mol. The monoisotopic (exact) mass is 197 g/mol. The third kappa shape index (κ3) is 1.54. The third-order valence-electron chi connectivity index (χ3n) is 1.87. The second-order valence-corrected chi connectivity index (χ2v) is 2.97. The SMILES string of the molecule is CN1C=CN(c2ccc(F)cc2F)N1. The van der Waals surface area contributed by atoms with Crippen molar-refractivity contribution in [3.63, 3.8) is 0 Å². The number of anilines is 1. The van der Waals surface area contributed by atoms with Crippen molar-refractivity contribution in [2.24, 2.45) is 0 Å². The summed E-state index contributed by atoms with van der Waals surface area (Å²) in [5.74, 6) is -1.18. The fourth-order valence-corrected chi connectivity index (χ4v) is 1.21. The molecule has 74 valence electrons. The summed E-state index contributed by atoms with van der Waals surface area (Å²) >= 11 is 0. The molecule has 1 aromatic carbocycles. The summed E-state index contributed by atoms with van der Waals surface area (Å²) in [7, 11) is 1.78. The Morgan fingerprint density at radius 3 is 2.57 bits per heavy atom. The van der Waals surface area contributed by atoms with Crippen molar-refractivity contribution in [3.05, 3.63) is 42.2 Å². The molecule has 1 aromatic rings. The van der Waals surface area contributed by atoms with Crippen LogP contribution < -0.4 is 10.5 Å². The lowest BCUT2D eigenvalue weighted by atomic mass is 10.3. The fraction of sp³-hybridized carbons (Fsp3) is 0.111. The normalized spacial score (nSPS) is 15.4. The molecular formula is C9H9F2N3. The first-order valence-corrected chi connectivity index (χ1v) is 4.08. The maximum Gasteiger partial charge on any atom is 0.151 e. The Labute approximate surface area is 80.2 Å². The van der Waals surface area contributed by atoms with Gasteiger partial charge in [0.2, 0.25) is 0 Å². The lowest BCUT2D eigenvalue weighted by Gasteiger charge is -2.19. The van der Waals surface area contributed by atoms with E-state index in [1.54, 1.807) is 24.5 Å². The van der Waals surface area contributed by atoms with Crippen molar-refractivity contribution in [2.75, 3.05) is 12.1 Å². The number of hydrogen-bond donors (Lipinski definition) is 1. The molecule has 0 saturated heterocycles. The van der Waals surface area contributed by atoms with Crippen LogP contribution in [0.5, 0.6) is 0 Å². The summed E-state index contributed by atoms with van der Waals surface area (Å²) in [5.41, 5.74) is 3.11. The van der Waals surface area contributed by atoms with Crippen molar-refractivity contribution in [3.8, 4) is 0 Å². The zero-order valence-electron chi connectivity index (χ0n) is 7.54. The molecule has 1 aliphatic rings. The second kappa shape index (κ2) is 3.26. The largest absolute Gasteiger partial charge is 0.299 e. The number of rotatable bonds is 1. The summed E-state index contributed by atoms with van der Waals surface area (Å²) in [4.78, 5) is 0. The number of hydrazine groups is 2. The van der Waals surface area contributed by atoms with Gasteiger partial charge in [-0.25, -0.2) is 8.78 Å². The summed E-state index contributed by atoms with van der Waals surface area (Å²) in [6.45, 7) is 0. The smallest absolute Gasteiger partial charge is 0.151 e. The van der Waals surface area contributed by atoms with Gasteiger partial charge in [-0.3, -0.25) is 10.0 Å². The molecule has 5 heteroatoms. The molecule has 3 nitrogen and oxygen atoms in total. The molecule has 1 aliphatic heterocycles. The van der Waals surface area contributed by atoms with Crippen molar-refractivity contribution in [1.29, 1.82) is 0 Å². The van der Waals surface area contributed by atoms with E-state index in [1.165, 1.54) is 17.1 Å². The van der Waals surface area contributed by atoms with Crippen molar-refractivity contribution < 1.29 is 8.78 Å². The van der Waals surface area contributed by atoms with E-state index < -0.39 is 11.6 Å². The molecule has 0 aliphatic carbocycles. The van der Waals surface area contributed by atoms with Gasteiger partial charge in [-0.1, -0.05) is 0 Å². The number of benzene rings is 1. The van der Waals surface area contributed by atoms with E-state index in [4.69, 9.17) is 0 Å². The standard InChI is InChI=1S/C9H9F2N3/c1-13-4-5-14(12-13)9-3-2-7(10)6-8(9)11/h2-6,12H,1H3. The van der Waals surface area contributed by atoms with Gasteiger partial charge in [-0.05, 0) is 12.1 Å². The zero-order chi connectivity index (χ0) is 10.1. The van der Waals surface area contributed by atoms with Crippen LogP contribution in [-0.2, 0) is 0 Å². The molecule has 2 rings (SSSR count). The highest BCUT2D eigenvalue weighted by atomic mass is 19.1. The molecule has 0 bridgehead atoms. The van der Waals surface area contributed by atoms with Crippen LogP contribution in [0.25, 0.3) is 0 Å². The van der Waals surface area contributed by atoms with Gasteiger partial charge in [-0.15, -0.1) is 5.53 Å². The molecule has 0 fully saturated rings. The number of halogens is 2. The lowest BCUT2D eigenvalue weighted by molar-refractivity contribution is 0.357. The first kappa shape index (κ1) is 8.96.